The van der Waals surface area contributed by atoms with E-state index in [2.05, 4.69) is 32.0 Å². The third-order valence-corrected chi connectivity index (χ3v) is 6.89. The highest BCUT2D eigenvalue weighted by Crippen LogP contribution is 2.42. The van der Waals surface area contributed by atoms with Gasteiger partial charge in [-0.3, -0.25) is 5.10 Å². The van der Waals surface area contributed by atoms with Crippen molar-refractivity contribution in [1.82, 2.24) is 20.2 Å². The lowest BCUT2D eigenvalue weighted by Gasteiger charge is -2.41. The van der Waals surface area contributed by atoms with E-state index in [1.807, 2.05) is 11.8 Å². The number of nitrogens with two attached hydrogens (primary N) is 1. The lowest BCUT2D eigenvalue weighted by atomic mass is 9.73. The molecule has 35 heavy (non-hydrogen) atoms. The second kappa shape index (κ2) is 8.73. The molecule has 12 heteroatoms. The van der Waals surface area contributed by atoms with E-state index < -0.39 is 35.5 Å². The maximum absolute atomic E-state index is 13.9. The number of piperidine rings is 1. The minimum absolute atomic E-state index is 0.0190. The lowest BCUT2D eigenvalue weighted by molar-refractivity contribution is 0.0974. The smallest absolute Gasteiger partial charge is 0.177 e. The molecule has 0 saturated carbocycles. The molecule has 2 fully saturated rings. The first kappa shape index (κ1) is 23.4. The van der Waals surface area contributed by atoms with Crippen molar-refractivity contribution in [1.29, 1.82) is 0 Å². The molecule has 1 spiro atoms. The molecule has 4 heterocycles. The third kappa shape index (κ3) is 3.88. The average Bonchev–Trinajstić information content (AvgIpc) is 3.38. The summed E-state index contributed by atoms with van der Waals surface area (Å²) < 4.78 is 74.4. The number of benzene rings is 1. The van der Waals surface area contributed by atoms with Gasteiger partial charge in [0.2, 0.25) is 0 Å². The van der Waals surface area contributed by atoms with Gasteiger partial charge < -0.3 is 15.4 Å². The maximum atomic E-state index is 13.9. The van der Waals surface area contributed by atoms with E-state index in [9.17, 15) is 22.0 Å². The Labute approximate surface area is 196 Å². The van der Waals surface area contributed by atoms with Crippen molar-refractivity contribution in [3.8, 4) is 11.8 Å². The predicted molar refractivity (Wildman–Crippen MR) is 116 cm³/mol. The van der Waals surface area contributed by atoms with Crippen LogP contribution in [-0.4, -0.2) is 52.0 Å². The van der Waals surface area contributed by atoms with Crippen LogP contribution in [0.4, 0.5) is 27.8 Å². The van der Waals surface area contributed by atoms with E-state index in [0.29, 0.717) is 25.5 Å². The van der Waals surface area contributed by atoms with Crippen molar-refractivity contribution in [2.75, 3.05) is 24.6 Å². The first-order valence-corrected chi connectivity index (χ1v) is 11.0. The molecule has 0 aliphatic carbocycles. The van der Waals surface area contributed by atoms with Gasteiger partial charge in [-0.15, -0.1) is 0 Å². The molecule has 0 bridgehead atoms. The number of nitrogens with zero attached hydrogens (tertiary/aromatic N) is 4. The fourth-order valence-electron chi connectivity index (χ4n) is 4.74. The van der Waals surface area contributed by atoms with Crippen LogP contribution >= 0.6 is 0 Å². The quantitative estimate of drug-likeness (QED) is 0.325. The first-order chi connectivity index (χ1) is 16.7. The normalized spacial score (nSPS) is 21.5. The third-order valence-electron chi connectivity index (χ3n) is 6.89. The molecule has 2 aliphatic rings. The fraction of sp³-hybridized carbons (Fsp3) is 0.435. The molecule has 2 aromatic heterocycles. The van der Waals surface area contributed by atoms with Gasteiger partial charge in [-0.05, 0) is 25.7 Å². The number of nitrogens with one attached hydrogen (secondary N) is 1. The second-order valence-electron chi connectivity index (χ2n) is 8.88. The first-order valence-electron chi connectivity index (χ1n) is 11.0. The van der Waals surface area contributed by atoms with Gasteiger partial charge in [0.25, 0.3) is 0 Å². The molecule has 0 radical (unpaired) electrons. The maximum Gasteiger partial charge on any atom is 0.177 e. The SMILES string of the molecule is C[C@@H]1OCC2(CCN(c3nc4[nH]nc(C#Cc5c(F)c(F)cc(F)c5F)c4nc3CF)CC2)[C@@H]1N. The van der Waals surface area contributed by atoms with Crippen molar-refractivity contribution < 1.29 is 26.7 Å². The Balaban J connectivity index is 1.45. The van der Waals surface area contributed by atoms with Crippen molar-refractivity contribution in [2.24, 2.45) is 11.1 Å². The Bertz CT molecular complexity index is 1330. The minimum atomic E-state index is -1.63. The van der Waals surface area contributed by atoms with E-state index in [4.69, 9.17) is 10.5 Å². The Hall–Kier alpha value is -3.30. The van der Waals surface area contributed by atoms with Gasteiger partial charge in [-0.25, -0.2) is 31.9 Å². The Morgan fingerprint density at radius 3 is 2.43 bits per heavy atom. The molecule has 2 atom stereocenters. The topological polar surface area (TPSA) is 93.0 Å². The van der Waals surface area contributed by atoms with Gasteiger partial charge in [0.15, 0.2) is 40.4 Å². The van der Waals surface area contributed by atoms with Crippen LogP contribution in [0.5, 0.6) is 0 Å². The number of anilines is 1. The molecule has 1 aromatic carbocycles. The Kier molecular flexibility index (Phi) is 5.85. The number of hydrogen-bond donors (Lipinski definition) is 2. The van der Waals surface area contributed by atoms with E-state index in [1.165, 1.54) is 0 Å². The van der Waals surface area contributed by atoms with Crippen LogP contribution in [-0.2, 0) is 11.4 Å². The number of H-pyrrole nitrogens is 1. The van der Waals surface area contributed by atoms with Crippen LogP contribution in [0.2, 0.25) is 0 Å². The summed E-state index contributed by atoms with van der Waals surface area (Å²) in [6.45, 7) is 2.79. The molecule has 2 aliphatic heterocycles. The number of halogens is 5. The van der Waals surface area contributed by atoms with Crippen molar-refractivity contribution >= 4 is 17.0 Å². The number of rotatable bonds is 2. The van der Waals surface area contributed by atoms with Crippen LogP contribution in [0.15, 0.2) is 6.07 Å². The molecule has 5 rings (SSSR count). The molecule has 7 nitrogen and oxygen atoms in total. The molecule has 3 aromatic rings. The molecule has 3 N–H and O–H groups in total. The molecule has 184 valence electrons. The van der Waals surface area contributed by atoms with E-state index >= 15 is 0 Å². The number of fused-ring (bicyclic) bond motifs is 1. The van der Waals surface area contributed by atoms with Gasteiger partial charge in [0.1, 0.15) is 23.4 Å². The van der Waals surface area contributed by atoms with Gasteiger partial charge in [-0.2, -0.15) is 5.10 Å². The summed E-state index contributed by atoms with van der Waals surface area (Å²) in [5.41, 5.74) is 5.36. The van der Waals surface area contributed by atoms with Crippen LogP contribution < -0.4 is 10.6 Å². The van der Waals surface area contributed by atoms with Crippen LogP contribution in [0.1, 0.15) is 36.7 Å². The van der Waals surface area contributed by atoms with Crippen LogP contribution in [0.3, 0.4) is 0 Å². The molecule has 0 unspecified atom stereocenters. The summed E-state index contributed by atoms with van der Waals surface area (Å²) in [5.74, 6) is -1.67. The zero-order valence-electron chi connectivity index (χ0n) is 18.6. The number of aromatic amines is 1. The molecular weight excluding hydrogens is 471 g/mol. The molecule has 0 amide bonds. The predicted octanol–water partition coefficient (Wildman–Crippen LogP) is 3.11. The van der Waals surface area contributed by atoms with Crippen LogP contribution in [0, 0.1) is 40.5 Å². The number of aromatic nitrogens is 4. The van der Waals surface area contributed by atoms with E-state index in [0.717, 1.165) is 12.8 Å². The van der Waals surface area contributed by atoms with Gasteiger partial charge in [-0.1, -0.05) is 5.92 Å². The van der Waals surface area contributed by atoms with Gasteiger partial charge in [0.05, 0.1) is 12.7 Å². The number of hydrogen-bond acceptors (Lipinski definition) is 6. The molecule has 2 saturated heterocycles. The minimum Gasteiger partial charge on any atom is -0.376 e. The standard InChI is InChI=1S/C23H21F5N6O/c1-11-20(29)23(10-35-11)4-6-34(7-5-23)22-16(9-24)30-19-15(32-33-21(19)31-22)3-2-12-17(27)13(25)8-14(26)18(12)28/h8,11,20H,4-7,9-10,29H2,1H3,(H,31,32,33)/t11-,20+/m0/s1. The van der Waals surface area contributed by atoms with E-state index in [-0.39, 0.29) is 46.2 Å². The second-order valence-corrected chi connectivity index (χ2v) is 8.88. The van der Waals surface area contributed by atoms with E-state index in [1.54, 1.807) is 0 Å². The summed E-state index contributed by atoms with van der Waals surface area (Å²) in [6, 6.07) is 0.0188. The lowest BCUT2D eigenvalue weighted by Crippen LogP contribution is -2.51. The van der Waals surface area contributed by atoms with Gasteiger partial charge >= 0.3 is 0 Å². The number of ether oxygens (including phenoxy) is 1. The van der Waals surface area contributed by atoms with Crippen LogP contribution in [0.25, 0.3) is 11.2 Å². The van der Waals surface area contributed by atoms with Crippen molar-refractivity contribution in [2.45, 2.75) is 38.6 Å². The summed E-state index contributed by atoms with van der Waals surface area (Å²) in [6.07, 6.45) is 1.49. The Morgan fingerprint density at radius 2 is 1.83 bits per heavy atom. The Morgan fingerprint density at radius 1 is 1.14 bits per heavy atom. The zero-order chi connectivity index (χ0) is 24.9. The fourth-order valence-corrected chi connectivity index (χ4v) is 4.74. The number of alkyl halides is 1. The van der Waals surface area contributed by atoms with Gasteiger partial charge in [0, 0.05) is 30.6 Å². The van der Waals surface area contributed by atoms with Crippen molar-refractivity contribution in [3.05, 3.63) is 46.3 Å². The summed E-state index contributed by atoms with van der Waals surface area (Å²) in [4.78, 5) is 10.7. The highest BCUT2D eigenvalue weighted by atomic mass is 19.2. The molecular formula is C23H21F5N6O. The highest BCUT2D eigenvalue weighted by molar-refractivity contribution is 5.78. The monoisotopic (exact) mass is 492 g/mol. The largest absolute Gasteiger partial charge is 0.376 e. The zero-order valence-corrected chi connectivity index (χ0v) is 18.6. The summed E-state index contributed by atoms with van der Waals surface area (Å²) >= 11 is 0. The summed E-state index contributed by atoms with van der Waals surface area (Å²) in [5, 5.41) is 6.54. The average molecular weight is 492 g/mol. The van der Waals surface area contributed by atoms with Crippen molar-refractivity contribution in [3.63, 3.8) is 0 Å². The summed E-state index contributed by atoms with van der Waals surface area (Å²) in [7, 11) is 0. The highest BCUT2D eigenvalue weighted by Gasteiger charge is 2.47.